The highest BCUT2D eigenvalue weighted by atomic mass is 19.1. The Morgan fingerprint density at radius 2 is 2.18 bits per heavy atom. The van der Waals surface area contributed by atoms with E-state index in [-0.39, 0.29) is 17.1 Å². The highest BCUT2D eigenvalue weighted by Crippen LogP contribution is 2.14. The fourth-order valence-corrected chi connectivity index (χ4v) is 1.27. The van der Waals surface area contributed by atoms with Gasteiger partial charge in [-0.1, -0.05) is 0 Å². The maximum Gasteiger partial charge on any atom is 0.259 e. The molecule has 0 radical (unpaired) electrons. The summed E-state index contributed by atoms with van der Waals surface area (Å²) in [5.41, 5.74) is 5.85. The Morgan fingerprint density at radius 3 is 2.88 bits per heavy atom. The van der Waals surface area contributed by atoms with Crippen molar-refractivity contribution in [3.8, 4) is 0 Å². The number of hydrogen-bond acceptors (Lipinski definition) is 4. The predicted octanol–water partition coefficient (Wildman–Crippen LogP) is 1.45. The molecule has 0 aliphatic rings. The van der Waals surface area contributed by atoms with Crippen molar-refractivity contribution in [2.24, 2.45) is 0 Å². The molecule has 3 N–H and O–H groups in total. The van der Waals surface area contributed by atoms with Crippen LogP contribution in [0.25, 0.3) is 0 Å². The number of rotatable bonds is 2. The molecule has 0 aliphatic heterocycles. The van der Waals surface area contributed by atoms with Crippen molar-refractivity contribution in [2.75, 3.05) is 11.1 Å². The minimum absolute atomic E-state index is 0.0654. The molecule has 0 aliphatic carbocycles. The maximum absolute atomic E-state index is 13.0. The van der Waals surface area contributed by atoms with Crippen molar-refractivity contribution in [3.63, 3.8) is 0 Å². The third-order valence-electron chi connectivity index (χ3n) is 2.06. The lowest BCUT2D eigenvalue weighted by molar-refractivity contribution is 0.102. The molecule has 0 bridgehead atoms. The second-order valence-corrected chi connectivity index (χ2v) is 3.28. The van der Waals surface area contributed by atoms with Gasteiger partial charge >= 0.3 is 0 Å². The Balaban J connectivity index is 2.23. The van der Waals surface area contributed by atoms with Gasteiger partial charge in [0.2, 0.25) is 0 Å². The van der Waals surface area contributed by atoms with Crippen LogP contribution in [-0.4, -0.2) is 15.9 Å². The lowest BCUT2D eigenvalue weighted by atomic mass is 10.1. The first-order chi connectivity index (χ1) is 8.16. The van der Waals surface area contributed by atoms with Crippen molar-refractivity contribution in [1.29, 1.82) is 0 Å². The molecule has 1 aromatic carbocycles. The van der Waals surface area contributed by atoms with Gasteiger partial charge in [-0.3, -0.25) is 9.78 Å². The molecule has 0 saturated heterocycles. The summed E-state index contributed by atoms with van der Waals surface area (Å²) < 4.78 is 13.0. The number of anilines is 2. The number of amides is 1. The fraction of sp³-hybridized carbons (Fsp3) is 0. The summed E-state index contributed by atoms with van der Waals surface area (Å²) in [6, 6.07) is 3.59. The summed E-state index contributed by atoms with van der Waals surface area (Å²) in [5, 5.41) is 2.47. The standard InChI is InChI=1S/C11H9FN4O/c12-7-1-2-9(13)8(5-7)11(17)16-10-6-14-3-4-15-10/h1-6H,13H2,(H,15,16,17). The van der Waals surface area contributed by atoms with E-state index in [2.05, 4.69) is 15.3 Å². The summed E-state index contributed by atoms with van der Waals surface area (Å²) in [6.45, 7) is 0. The first-order valence-corrected chi connectivity index (χ1v) is 4.79. The molecule has 86 valence electrons. The molecule has 1 aromatic heterocycles. The highest BCUT2D eigenvalue weighted by molar-refractivity contribution is 6.07. The van der Waals surface area contributed by atoms with E-state index in [1.165, 1.54) is 30.7 Å². The molecule has 0 saturated carbocycles. The number of benzene rings is 1. The van der Waals surface area contributed by atoms with Gasteiger partial charge in [-0.2, -0.15) is 0 Å². The summed E-state index contributed by atoms with van der Waals surface area (Å²) in [7, 11) is 0. The van der Waals surface area contributed by atoms with E-state index in [1.807, 2.05) is 0 Å². The zero-order valence-corrected chi connectivity index (χ0v) is 8.72. The molecular weight excluding hydrogens is 223 g/mol. The summed E-state index contributed by atoms with van der Waals surface area (Å²) in [6.07, 6.45) is 4.30. The van der Waals surface area contributed by atoms with Gasteiger partial charge in [0, 0.05) is 18.1 Å². The smallest absolute Gasteiger partial charge is 0.259 e. The lowest BCUT2D eigenvalue weighted by Gasteiger charge is -2.06. The van der Waals surface area contributed by atoms with Crippen LogP contribution in [0.3, 0.4) is 0 Å². The Labute approximate surface area is 96.5 Å². The van der Waals surface area contributed by atoms with Gasteiger partial charge in [-0.25, -0.2) is 9.37 Å². The van der Waals surface area contributed by atoms with Gasteiger partial charge in [-0.05, 0) is 18.2 Å². The van der Waals surface area contributed by atoms with Crippen molar-refractivity contribution < 1.29 is 9.18 Å². The maximum atomic E-state index is 13.0. The average Bonchev–Trinajstić information content (AvgIpc) is 2.33. The zero-order chi connectivity index (χ0) is 12.3. The summed E-state index contributed by atoms with van der Waals surface area (Å²) in [4.78, 5) is 19.4. The number of nitrogens with one attached hydrogen (secondary N) is 1. The number of aromatic nitrogens is 2. The van der Waals surface area contributed by atoms with Gasteiger partial charge in [0.05, 0.1) is 11.8 Å². The largest absolute Gasteiger partial charge is 0.398 e. The second-order valence-electron chi connectivity index (χ2n) is 3.28. The molecule has 5 nitrogen and oxygen atoms in total. The molecule has 2 aromatic rings. The number of carbonyl (C=O) groups is 1. The number of nitrogen functional groups attached to an aromatic ring is 1. The van der Waals surface area contributed by atoms with Crippen LogP contribution in [0.4, 0.5) is 15.9 Å². The molecule has 0 spiro atoms. The van der Waals surface area contributed by atoms with Crippen LogP contribution < -0.4 is 11.1 Å². The normalized spacial score (nSPS) is 9.94. The minimum Gasteiger partial charge on any atom is -0.398 e. The van der Waals surface area contributed by atoms with Crippen molar-refractivity contribution in [3.05, 3.63) is 48.2 Å². The Morgan fingerprint density at radius 1 is 1.35 bits per heavy atom. The number of halogens is 1. The number of nitrogens with zero attached hydrogens (tertiary/aromatic N) is 2. The van der Waals surface area contributed by atoms with Gasteiger partial charge < -0.3 is 11.1 Å². The van der Waals surface area contributed by atoms with E-state index >= 15 is 0 Å². The molecule has 6 heteroatoms. The van der Waals surface area contributed by atoms with E-state index in [0.717, 1.165) is 6.07 Å². The third kappa shape index (κ3) is 2.54. The van der Waals surface area contributed by atoms with Gasteiger partial charge in [0.1, 0.15) is 5.82 Å². The lowest BCUT2D eigenvalue weighted by Crippen LogP contribution is -2.15. The van der Waals surface area contributed by atoms with Crippen molar-refractivity contribution in [2.45, 2.75) is 0 Å². The van der Waals surface area contributed by atoms with E-state index in [0.29, 0.717) is 0 Å². The first-order valence-electron chi connectivity index (χ1n) is 4.79. The molecule has 0 fully saturated rings. The molecule has 1 amide bonds. The topological polar surface area (TPSA) is 80.9 Å². The molecule has 2 rings (SSSR count). The van der Waals surface area contributed by atoms with Crippen LogP contribution in [0.1, 0.15) is 10.4 Å². The second kappa shape index (κ2) is 4.56. The zero-order valence-electron chi connectivity index (χ0n) is 8.72. The third-order valence-corrected chi connectivity index (χ3v) is 2.06. The van der Waals surface area contributed by atoms with E-state index in [4.69, 9.17) is 5.73 Å². The fourth-order valence-electron chi connectivity index (χ4n) is 1.27. The number of carbonyl (C=O) groups excluding carboxylic acids is 1. The summed E-state index contributed by atoms with van der Waals surface area (Å²) >= 11 is 0. The monoisotopic (exact) mass is 232 g/mol. The van der Waals surface area contributed by atoms with E-state index in [9.17, 15) is 9.18 Å². The number of nitrogens with two attached hydrogens (primary N) is 1. The van der Waals surface area contributed by atoms with Crippen LogP contribution in [-0.2, 0) is 0 Å². The van der Waals surface area contributed by atoms with Gasteiger partial charge in [0.25, 0.3) is 5.91 Å². The Bertz CT molecular complexity index is 544. The average molecular weight is 232 g/mol. The quantitative estimate of drug-likeness (QED) is 0.768. The number of hydrogen-bond donors (Lipinski definition) is 2. The molecule has 1 heterocycles. The minimum atomic E-state index is -0.525. The van der Waals surface area contributed by atoms with Crippen LogP contribution in [0, 0.1) is 5.82 Å². The molecule has 0 unspecified atom stereocenters. The SMILES string of the molecule is Nc1ccc(F)cc1C(=O)Nc1cnccn1. The Kier molecular flexibility index (Phi) is 2.95. The molecular formula is C11H9FN4O. The van der Waals surface area contributed by atoms with E-state index < -0.39 is 11.7 Å². The van der Waals surface area contributed by atoms with E-state index in [1.54, 1.807) is 0 Å². The molecule has 0 atom stereocenters. The first kappa shape index (κ1) is 11.0. The van der Waals surface area contributed by atoms with Gasteiger partial charge in [0.15, 0.2) is 5.82 Å². The van der Waals surface area contributed by atoms with Crippen LogP contribution >= 0.6 is 0 Å². The predicted molar refractivity (Wildman–Crippen MR) is 60.8 cm³/mol. The van der Waals surface area contributed by atoms with Gasteiger partial charge in [-0.15, -0.1) is 0 Å². The van der Waals surface area contributed by atoms with Crippen LogP contribution in [0.2, 0.25) is 0 Å². The van der Waals surface area contributed by atoms with Crippen LogP contribution in [0.15, 0.2) is 36.8 Å². The summed E-state index contributed by atoms with van der Waals surface area (Å²) in [5.74, 6) is -0.771. The highest BCUT2D eigenvalue weighted by Gasteiger charge is 2.11. The molecule has 17 heavy (non-hydrogen) atoms. The van der Waals surface area contributed by atoms with Crippen molar-refractivity contribution >= 4 is 17.4 Å². The van der Waals surface area contributed by atoms with Crippen molar-refractivity contribution in [1.82, 2.24) is 9.97 Å². The Hall–Kier alpha value is -2.50. The van der Waals surface area contributed by atoms with Crippen LogP contribution in [0.5, 0.6) is 0 Å².